The lowest BCUT2D eigenvalue weighted by Crippen LogP contribution is -2.34. The number of hydrogen-bond acceptors (Lipinski definition) is 3. The van der Waals surface area contributed by atoms with Crippen molar-refractivity contribution in [1.82, 2.24) is 4.98 Å². The Hall–Kier alpha value is -2.90. The highest BCUT2D eigenvalue weighted by atomic mass is 19.4. The summed E-state index contributed by atoms with van der Waals surface area (Å²) in [6.07, 6.45) is -0.762. The second-order valence-electron chi connectivity index (χ2n) is 6.27. The molecule has 1 aromatic heterocycles. The van der Waals surface area contributed by atoms with Crippen molar-refractivity contribution in [2.45, 2.75) is 25.4 Å². The minimum absolute atomic E-state index is 0.0431. The van der Waals surface area contributed by atoms with Crippen LogP contribution in [0, 0.1) is 0 Å². The number of rotatable bonds is 2. The molecule has 0 spiro atoms. The van der Waals surface area contributed by atoms with Crippen molar-refractivity contribution < 1.29 is 22.8 Å². The molecule has 5 nitrogen and oxygen atoms in total. The van der Waals surface area contributed by atoms with Crippen LogP contribution >= 0.6 is 0 Å². The van der Waals surface area contributed by atoms with Crippen LogP contribution in [0.5, 0.6) is 0 Å². The number of nitrogens with zero attached hydrogens (tertiary/aromatic N) is 2. The standard InChI is InChI=1S/C18H14F3N3O2/c19-18(20,21)17(26)23-15-12-3-4-14(25)24-7-5-10(16(12)24)8-13(15)11-2-1-6-22-9-11/h1-2,6,8-9H,3-5,7H2,(H,23,26). The average Bonchev–Trinajstić information content (AvgIpc) is 3.04. The van der Waals surface area contributed by atoms with Gasteiger partial charge in [0.15, 0.2) is 0 Å². The van der Waals surface area contributed by atoms with E-state index in [0.29, 0.717) is 41.8 Å². The molecule has 2 aromatic rings. The maximum Gasteiger partial charge on any atom is 0.471 e. The molecule has 0 unspecified atom stereocenters. The summed E-state index contributed by atoms with van der Waals surface area (Å²) < 4.78 is 38.5. The van der Waals surface area contributed by atoms with Crippen molar-refractivity contribution in [1.29, 1.82) is 0 Å². The van der Waals surface area contributed by atoms with Gasteiger partial charge in [-0.25, -0.2) is 0 Å². The normalized spacial score (nSPS) is 15.8. The fourth-order valence-electron chi connectivity index (χ4n) is 3.60. The quantitative estimate of drug-likeness (QED) is 0.894. The van der Waals surface area contributed by atoms with Gasteiger partial charge in [-0.05, 0) is 30.5 Å². The molecule has 0 fully saturated rings. The van der Waals surface area contributed by atoms with Crippen molar-refractivity contribution in [3.05, 3.63) is 41.7 Å². The number of nitrogens with one attached hydrogen (secondary N) is 1. The molecule has 0 bridgehead atoms. The lowest BCUT2D eigenvalue weighted by Gasteiger charge is -2.29. The Morgan fingerprint density at radius 3 is 2.73 bits per heavy atom. The van der Waals surface area contributed by atoms with Crippen molar-refractivity contribution >= 4 is 23.2 Å². The molecule has 134 valence electrons. The Balaban J connectivity index is 1.92. The molecule has 26 heavy (non-hydrogen) atoms. The zero-order valence-electron chi connectivity index (χ0n) is 13.6. The van der Waals surface area contributed by atoms with Crippen molar-refractivity contribution in [3.63, 3.8) is 0 Å². The first-order chi connectivity index (χ1) is 12.4. The van der Waals surface area contributed by atoms with Crippen LogP contribution in [-0.4, -0.2) is 29.5 Å². The molecule has 1 aromatic carbocycles. The van der Waals surface area contributed by atoms with Gasteiger partial charge in [-0.3, -0.25) is 14.6 Å². The van der Waals surface area contributed by atoms with E-state index in [2.05, 4.69) is 4.98 Å². The fourth-order valence-corrected chi connectivity index (χ4v) is 3.60. The van der Waals surface area contributed by atoms with Crippen LogP contribution in [0.2, 0.25) is 0 Å². The molecule has 8 heteroatoms. The molecule has 2 aliphatic heterocycles. The zero-order valence-corrected chi connectivity index (χ0v) is 13.6. The first kappa shape index (κ1) is 16.6. The second kappa shape index (κ2) is 5.82. The summed E-state index contributed by atoms with van der Waals surface area (Å²) in [5.74, 6) is -2.07. The molecular formula is C18H14F3N3O2. The zero-order chi connectivity index (χ0) is 18.5. The topological polar surface area (TPSA) is 62.3 Å². The van der Waals surface area contributed by atoms with Gasteiger partial charge in [0.1, 0.15) is 0 Å². The predicted octanol–water partition coefficient (Wildman–Crippen LogP) is 3.08. The minimum Gasteiger partial charge on any atom is -0.317 e. The van der Waals surface area contributed by atoms with E-state index in [0.717, 1.165) is 5.56 Å². The smallest absolute Gasteiger partial charge is 0.317 e. The Morgan fingerprint density at radius 1 is 1.23 bits per heavy atom. The monoisotopic (exact) mass is 361 g/mol. The van der Waals surface area contributed by atoms with Crippen molar-refractivity contribution in [2.24, 2.45) is 0 Å². The van der Waals surface area contributed by atoms with Gasteiger partial charge in [0.25, 0.3) is 0 Å². The van der Waals surface area contributed by atoms with E-state index in [9.17, 15) is 22.8 Å². The van der Waals surface area contributed by atoms with Crippen molar-refractivity contribution in [2.75, 3.05) is 16.8 Å². The van der Waals surface area contributed by atoms with Gasteiger partial charge < -0.3 is 10.2 Å². The van der Waals surface area contributed by atoms with Gasteiger partial charge in [0.05, 0.1) is 11.4 Å². The number of alkyl halides is 3. The first-order valence-corrected chi connectivity index (χ1v) is 8.14. The fraction of sp³-hybridized carbons (Fsp3) is 0.278. The number of carbonyl (C=O) groups is 2. The minimum atomic E-state index is -5.00. The Labute approximate surface area is 146 Å². The number of amides is 2. The van der Waals surface area contributed by atoms with Crippen LogP contribution in [0.3, 0.4) is 0 Å². The number of hydrogen-bond donors (Lipinski definition) is 1. The van der Waals surface area contributed by atoms with Crippen LogP contribution in [0.4, 0.5) is 24.5 Å². The molecule has 0 aliphatic carbocycles. The van der Waals surface area contributed by atoms with Gasteiger partial charge in [-0.1, -0.05) is 6.07 Å². The van der Waals surface area contributed by atoms with Gasteiger partial charge in [-0.2, -0.15) is 13.2 Å². The molecule has 0 saturated heterocycles. The third-order valence-corrected chi connectivity index (χ3v) is 4.71. The number of aromatic nitrogens is 1. The maximum atomic E-state index is 12.8. The number of carbonyl (C=O) groups excluding carboxylic acids is 2. The number of anilines is 2. The largest absolute Gasteiger partial charge is 0.471 e. The summed E-state index contributed by atoms with van der Waals surface area (Å²) in [5, 5.41) is 2.04. The van der Waals surface area contributed by atoms with Crippen molar-refractivity contribution in [3.8, 4) is 11.1 Å². The molecule has 1 N–H and O–H groups in total. The maximum absolute atomic E-state index is 12.8. The van der Waals surface area contributed by atoms with E-state index in [1.54, 1.807) is 35.5 Å². The molecule has 0 radical (unpaired) electrons. The van der Waals surface area contributed by atoms with E-state index in [1.807, 2.05) is 5.32 Å². The highest BCUT2D eigenvalue weighted by Crippen LogP contribution is 2.45. The van der Waals surface area contributed by atoms with E-state index in [-0.39, 0.29) is 18.0 Å². The molecular weight excluding hydrogens is 347 g/mol. The lowest BCUT2D eigenvalue weighted by atomic mass is 9.91. The summed E-state index contributed by atoms with van der Waals surface area (Å²) >= 11 is 0. The van der Waals surface area contributed by atoms with Crippen LogP contribution in [0.25, 0.3) is 11.1 Å². The van der Waals surface area contributed by atoms with Gasteiger partial charge in [0, 0.05) is 42.0 Å². The van der Waals surface area contributed by atoms with E-state index < -0.39 is 12.1 Å². The lowest BCUT2D eigenvalue weighted by molar-refractivity contribution is -0.167. The highest BCUT2D eigenvalue weighted by Gasteiger charge is 2.41. The summed E-state index contributed by atoms with van der Waals surface area (Å²) in [6.45, 7) is 0.504. The summed E-state index contributed by atoms with van der Waals surface area (Å²) in [5.41, 5.74) is 3.33. The van der Waals surface area contributed by atoms with Gasteiger partial charge in [0.2, 0.25) is 5.91 Å². The molecule has 3 heterocycles. The molecule has 0 atom stereocenters. The van der Waals surface area contributed by atoms with Gasteiger partial charge >= 0.3 is 12.1 Å². The summed E-state index contributed by atoms with van der Waals surface area (Å²) in [4.78, 5) is 29.4. The number of pyridine rings is 1. The molecule has 2 aliphatic rings. The van der Waals surface area contributed by atoms with Crippen LogP contribution in [-0.2, 0) is 22.4 Å². The van der Waals surface area contributed by atoms with E-state index in [1.165, 1.54) is 0 Å². The molecule has 0 saturated carbocycles. The van der Waals surface area contributed by atoms with E-state index in [4.69, 9.17) is 0 Å². The average molecular weight is 361 g/mol. The van der Waals surface area contributed by atoms with Crippen LogP contribution in [0.15, 0.2) is 30.6 Å². The number of halogens is 3. The third kappa shape index (κ3) is 2.61. The number of benzene rings is 1. The summed E-state index contributed by atoms with van der Waals surface area (Å²) in [7, 11) is 0. The second-order valence-corrected chi connectivity index (χ2v) is 6.27. The summed E-state index contributed by atoms with van der Waals surface area (Å²) in [6, 6.07) is 5.16. The van der Waals surface area contributed by atoms with Gasteiger partial charge in [-0.15, -0.1) is 0 Å². The van der Waals surface area contributed by atoms with Crippen LogP contribution in [0.1, 0.15) is 17.5 Å². The Morgan fingerprint density at radius 2 is 2.04 bits per heavy atom. The Kier molecular flexibility index (Phi) is 3.71. The highest BCUT2D eigenvalue weighted by molar-refractivity contribution is 6.06. The predicted molar refractivity (Wildman–Crippen MR) is 88.7 cm³/mol. The SMILES string of the molecule is O=C1CCc2c(NC(=O)C(F)(F)F)c(-c3cccnc3)cc3c2N1CC3. The van der Waals surface area contributed by atoms with E-state index >= 15 is 0 Å². The Bertz CT molecular complexity index is 910. The molecule has 2 amide bonds. The van der Waals surface area contributed by atoms with Crippen LogP contribution < -0.4 is 10.2 Å². The molecule has 4 rings (SSSR count). The third-order valence-electron chi connectivity index (χ3n) is 4.71. The first-order valence-electron chi connectivity index (χ1n) is 8.14.